The van der Waals surface area contributed by atoms with Gasteiger partial charge >= 0.3 is 11.9 Å². The molecule has 29 heavy (non-hydrogen) atoms. The Labute approximate surface area is 173 Å². The fourth-order valence-corrected chi connectivity index (χ4v) is 5.89. The number of hydrogen-bond acceptors (Lipinski definition) is 6. The molecular formula is C21H25NO6S. The summed E-state index contributed by atoms with van der Waals surface area (Å²) in [4.78, 5) is 38.4. The minimum atomic E-state index is -0.951. The Balaban J connectivity index is 1.66. The number of amides is 1. The summed E-state index contributed by atoms with van der Waals surface area (Å²) >= 11 is 1.31. The molecule has 2 heterocycles. The monoisotopic (exact) mass is 419 g/mol. The van der Waals surface area contributed by atoms with Crippen molar-refractivity contribution < 1.29 is 29.0 Å². The van der Waals surface area contributed by atoms with Crippen LogP contribution in [0, 0.1) is 23.7 Å². The van der Waals surface area contributed by atoms with Gasteiger partial charge in [-0.1, -0.05) is 12.2 Å². The number of carboxylic acids is 1. The Kier molecular flexibility index (Phi) is 5.02. The van der Waals surface area contributed by atoms with E-state index in [9.17, 15) is 19.5 Å². The molecule has 3 aliphatic rings. The van der Waals surface area contributed by atoms with Gasteiger partial charge in [0.15, 0.2) is 0 Å². The molecule has 1 aromatic heterocycles. The number of carbonyl (C=O) groups excluding carboxylic acids is 2. The van der Waals surface area contributed by atoms with Crippen LogP contribution in [0.15, 0.2) is 12.2 Å². The van der Waals surface area contributed by atoms with Gasteiger partial charge in [0.05, 0.1) is 36.2 Å². The highest BCUT2D eigenvalue weighted by atomic mass is 32.1. The molecule has 2 bridgehead atoms. The van der Waals surface area contributed by atoms with Crippen LogP contribution in [0.2, 0.25) is 0 Å². The number of carbonyl (C=O) groups is 3. The number of anilines is 1. The van der Waals surface area contributed by atoms with Crippen LogP contribution in [0.25, 0.3) is 0 Å². The van der Waals surface area contributed by atoms with Crippen molar-refractivity contribution >= 4 is 34.2 Å². The number of aliphatic carboxylic acids is 1. The van der Waals surface area contributed by atoms with Crippen molar-refractivity contribution in [2.75, 3.05) is 11.9 Å². The summed E-state index contributed by atoms with van der Waals surface area (Å²) in [5, 5.41) is 12.9. The van der Waals surface area contributed by atoms with Gasteiger partial charge < -0.3 is 19.9 Å². The van der Waals surface area contributed by atoms with Crippen molar-refractivity contribution in [1.82, 2.24) is 0 Å². The normalized spacial score (nSPS) is 28.8. The molecule has 7 nitrogen and oxygen atoms in total. The maximum absolute atomic E-state index is 13.1. The van der Waals surface area contributed by atoms with Crippen LogP contribution in [0.3, 0.4) is 0 Å². The first-order valence-electron chi connectivity index (χ1n) is 9.89. The van der Waals surface area contributed by atoms with Crippen molar-refractivity contribution in [3.05, 3.63) is 28.2 Å². The largest absolute Gasteiger partial charge is 0.481 e. The number of nitrogens with one attached hydrogen (secondary N) is 1. The zero-order valence-electron chi connectivity index (χ0n) is 16.7. The van der Waals surface area contributed by atoms with Crippen LogP contribution in [0.4, 0.5) is 5.00 Å². The molecule has 0 radical (unpaired) electrons. The summed E-state index contributed by atoms with van der Waals surface area (Å²) in [5.74, 6) is -3.32. The first-order chi connectivity index (χ1) is 13.7. The van der Waals surface area contributed by atoms with Gasteiger partial charge in [0.25, 0.3) is 0 Å². The minimum absolute atomic E-state index is 0.0796. The lowest BCUT2D eigenvalue weighted by atomic mass is 9.82. The molecule has 0 unspecified atom stereocenters. The van der Waals surface area contributed by atoms with Crippen LogP contribution in [0.1, 0.15) is 48.0 Å². The zero-order valence-corrected chi connectivity index (χ0v) is 17.5. The highest BCUT2D eigenvalue weighted by Gasteiger charge is 2.52. The van der Waals surface area contributed by atoms with Crippen molar-refractivity contribution in [2.45, 2.75) is 45.8 Å². The molecule has 156 valence electrons. The molecule has 4 rings (SSSR count). The Bertz CT molecular complexity index is 901. The van der Waals surface area contributed by atoms with Crippen LogP contribution < -0.4 is 5.32 Å². The third-order valence-corrected chi connectivity index (χ3v) is 7.17. The van der Waals surface area contributed by atoms with Crippen molar-refractivity contribution in [1.29, 1.82) is 0 Å². The van der Waals surface area contributed by atoms with E-state index < -0.39 is 29.4 Å². The molecule has 1 amide bonds. The van der Waals surface area contributed by atoms with Gasteiger partial charge in [-0.2, -0.15) is 0 Å². The van der Waals surface area contributed by atoms with Crippen LogP contribution in [-0.4, -0.2) is 35.2 Å². The molecule has 1 saturated carbocycles. The molecule has 2 aliphatic carbocycles. The second-order valence-corrected chi connectivity index (χ2v) is 9.59. The van der Waals surface area contributed by atoms with Gasteiger partial charge in [0.1, 0.15) is 5.00 Å². The van der Waals surface area contributed by atoms with Gasteiger partial charge in [-0.05, 0) is 44.6 Å². The second kappa shape index (κ2) is 7.25. The fraction of sp³-hybridized carbons (Fsp3) is 0.571. The third-order valence-electron chi connectivity index (χ3n) is 6.05. The number of allylic oxidation sites excluding steroid dienone is 2. The number of rotatable bonds is 5. The highest BCUT2D eigenvalue weighted by Crippen LogP contribution is 2.49. The van der Waals surface area contributed by atoms with E-state index >= 15 is 0 Å². The molecular weight excluding hydrogens is 394 g/mol. The summed E-state index contributed by atoms with van der Waals surface area (Å²) in [5.41, 5.74) is 0.810. The van der Waals surface area contributed by atoms with Gasteiger partial charge in [0, 0.05) is 11.3 Å². The topological polar surface area (TPSA) is 102 Å². The predicted octanol–water partition coefficient (Wildman–Crippen LogP) is 3.24. The fourth-order valence-electron chi connectivity index (χ4n) is 4.77. The van der Waals surface area contributed by atoms with Crippen molar-refractivity contribution in [3.8, 4) is 0 Å². The van der Waals surface area contributed by atoms with E-state index in [1.807, 2.05) is 26.0 Å². The molecule has 0 aromatic carbocycles. The maximum Gasteiger partial charge on any atom is 0.341 e. The average Bonchev–Trinajstić information content (AvgIpc) is 3.33. The van der Waals surface area contributed by atoms with E-state index in [2.05, 4.69) is 5.32 Å². The summed E-state index contributed by atoms with van der Waals surface area (Å²) in [6.07, 6.45) is 5.07. The van der Waals surface area contributed by atoms with E-state index in [-0.39, 0.29) is 24.3 Å². The van der Waals surface area contributed by atoms with E-state index in [0.29, 0.717) is 30.0 Å². The molecule has 4 atom stereocenters. The summed E-state index contributed by atoms with van der Waals surface area (Å²) < 4.78 is 11.1. The Morgan fingerprint density at radius 2 is 1.97 bits per heavy atom. The van der Waals surface area contributed by atoms with Crippen LogP contribution in [0.5, 0.6) is 0 Å². The number of fused-ring (bicyclic) bond motifs is 3. The smallest absolute Gasteiger partial charge is 0.341 e. The van der Waals surface area contributed by atoms with Gasteiger partial charge in [-0.3, -0.25) is 9.59 Å². The van der Waals surface area contributed by atoms with E-state index in [4.69, 9.17) is 9.47 Å². The minimum Gasteiger partial charge on any atom is -0.481 e. The molecule has 0 saturated heterocycles. The molecule has 1 aliphatic heterocycles. The number of ether oxygens (including phenoxy) is 2. The third kappa shape index (κ3) is 3.48. The first kappa shape index (κ1) is 20.1. The number of carboxylic acid groups (broad SMARTS) is 1. The summed E-state index contributed by atoms with van der Waals surface area (Å²) in [6, 6.07) is 0. The molecule has 0 spiro atoms. The summed E-state index contributed by atoms with van der Waals surface area (Å²) in [7, 11) is 0. The Morgan fingerprint density at radius 3 is 2.62 bits per heavy atom. The average molecular weight is 419 g/mol. The highest BCUT2D eigenvalue weighted by molar-refractivity contribution is 7.17. The van der Waals surface area contributed by atoms with Gasteiger partial charge in [-0.15, -0.1) is 11.3 Å². The lowest BCUT2D eigenvalue weighted by molar-refractivity contribution is -0.146. The first-order valence-corrected chi connectivity index (χ1v) is 10.7. The quantitative estimate of drug-likeness (QED) is 0.561. The van der Waals surface area contributed by atoms with Crippen molar-refractivity contribution in [2.24, 2.45) is 23.7 Å². The Hall–Kier alpha value is -2.19. The standard InChI is InChI=1S/C21H25NO6S/c1-4-27-20(26)16-12-8-21(2,3)28-9-13(12)29-18(16)22-17(23)14-10-5-6-11(7-10)15(14)19(24)25/h5-6,10-11,14-15H,4,7-9H2,1-3H3,(H,22,23)(H,24,25)/t10-,11+,14-,15+/m1/s1. The lowest BCUT2D eigenvalue weighted by Crippen LogP contribution is -2.36. The predicted molar refractivity (Wildman–Crippen MR) is 107 cm³/mol. The van der Waals surface area contributed by atoms with E-state index in [1.165, 1.54) is 11.3 Å². The molecule has 1 aromatic rings. The lowest BCUT2D eigenvalue weighted by Gasteiger charge is -2.30. The van der Waals surface area contributed by atoms with E-state index in [0.717, 1.165) is 10.4 Å². The SMILES string of the molecule is CCOC(=O)c1c(NC(=O)[C@H]2[C@@H](C(=O)O)[C@H]3C=C[C@@H]2C3)sc2c1CC(C)(C)OC2. The second-order valence-electron chi connectivity index (χ2n) is 8.48. The van der Waals surface area contributed by atoms with Crippen molar-refractivity contribution in [3.63, 3.8) is 0 Å². The van der Waals surface area contributed by atoms with Crippen LogP contribution in [-0.2, 0) is 32.1 Å². The van der Waals surface area contributed by atoms with E-state index in [1.54, 1.807) is 6.92 Å². The zero-order chi connectivity index (χ0) is 20.9. The number of esters is 1. The number of hydrogen-bond donors (Lipinski definition) is 2. The molecule has 8 heteroatoms. The summed E-state index contributed by atoms with van der Waals surface area (Å²) in [6.45, 7) is 6.25. The van der Waals surface area contributed by atoms with Gasteiger partial charge in [0.2, 0.25) is 5.91 Å². The van der Waals surface area contributed by atoms with Gasteiger partial charge in [-0.25, -0.2) is 4.79 Å². The molecule has 2 N–H and O–H groups in total. The Morgan fingerprint density at radius 1 is 1.28 bits per heavy atom. The molecule has 1 fully saturated rings. The number of thiophene rings is 1. The maximum atomic E-state index is 13.1. The van der Waals surface area contributed by atoms with Crippen LogP contribution >= 0.6 is 11.3 Å².